The molecule has 0 aliphatic rings. The van der Waals surface area contributed by atoms with Crippen LogP contribution in [0.3, 0.4) is 0 Å². The fourth-order valence-electron chi connectivity index (χ4n) is 2.45. The van der Waals surface area contributed by atoms with Gasteiger partial charge in [-0.3, -0.25) is 4.98 Å². The molecule has 128 valence electrons. The largest absolute Gasteiger partial charge is 0.359 e. The summed E-state index contributed by atoms with van der Waals surface area (Å²) in [4.78, 5) is 15.3. The number of pyridine rings is 1. The second-order valence-corrected chi connectivity index (χ2v) is 6.68. The van der Waals surface area contributed by atoms with Crippen LogP contribution in [0, 0.1) is 6.92 Å². The van der Waals surface area contributed by atoms with Crippen molar-refractivity contribution in [2.45, 2.75) is 13.3 Å². The average molecular weight is 398 g/mol. The second-order valence-electron chi connectivity index (χ2n) is 5.82. The van der Waals surface area contributed by atoms with Crippen LogP contribution < -0.4 is 10.2 Å². The normalized spacial score (nSPS) is 10.5. The first kappa shape index (κ1) is 17.4. The van der Waals surface area contributed by atoms with E-state index in [1.807, 2.05) is 68.8 Å². The lowest BCUT2D eigenvalue weighted by Gasteiger charge is -2.19. The number of hydrogen-bond acceptors (Lipinski definition) is 5. The molecule has 0 spiro atoms. The summed E-state index contributed by atoms with van der Waals surface area (Å²) < 4.78 is 0.979. The predicted octanol–water partition coefficient (Wildman–Crippen LogP) is 4.37. The number of aromatic nitrogens is 3. The molecule has 6 heteroatoms. The molecule has 5 nitrogen and oxygen atoms in total. The van der Waals surface area contributed by atoms with Crippen LogP contribution in [-0.4, -0.2) is 28.5 Å². The third-order valence-electron chi connectivity index (χ3n) is 3.84. The number of likely N-dealkylation sites (N-methyl/N-ethyl adjacent to an activating group) is 1. The van der Waals surface area contributed by atoms with Crippen LogP contribution >= 0.6 is 15.9 Å². The molecule has 0 bridgehead atoms. The summed E-state index contributed by atoms with van der Waals surface area (Å²) in [5, 5.41) is 3.28. The topological polar surface area (TPSA) is 53.9 Å². The maximum atomic E-state index is 4.65. The molecular formula is C19H20BrN5. The summed E-state index contributed by atoms with van der Waals surface area (Å²) in [6, 6.07) is 14.0. The average Bonchev–Trinajstić information content (AvgIpc) is 2.62. The summed E-state index contributed by atoms with van der Waals surface area (Å²) in [6.07, 6.45) is 4.59. The van der Waals surface area contributed by atoms with Crippen molar-refractivity contribution in [3.63, 3.8) is 0 Å². The molecule has 1 N–H and O–H groups in total. The number of rotatable bonds is 6. The number of nitrogens with one attached hydrogen (secondary N) is 1. The minimum atomic E-state index is 0.595. The zero-order valence-corrected chi connectivity index (χ0v) is 15.9. The Hall–Kier alpha value is -2.47. The van der Waals surface area contributed by atoms with E-state index in [1.165, 1.54) is 5.56 Å². The first-order chi connectivity index (χ1) is 12.1. The maximum absolute atomic E-state index is 4.65. The Labute approximate surface area is 156 Å². The van der Waals surface area contributed by atoms with E-state index < -0.39 is 0 Å². The lowest BCUT2D eigenvalue weighted by atomic mass is 10.2. The lowest BCUT2D eigenvalue weighted by Crippen LogP contribution is -2.22. The van der Waals surface area contributed by atoms with Crippen LogP contribution in [0.15, 0.2) is 59.3 Å². The Morgan fingerprint density at radius 1 is 1.08 bits per heavy atom. The molecule has 0 unspecified atom stereocenters. The summed E-state index contributed by atoms with van der Waals surface area (Å²) in [7, 11) is 2.05. The molecule has 0 atom stereocenters. The first-order valence-electron chi connectivity index (χ1n) is 8.09. The van der Waals surface area contributed by atoms with Gasteiger partial charge in [-0.1, -0.05) is 12.1 Å². The quantitative estimate of drug-likeness (QED) is 0.669. The number of nitrogens with zero attached hydrogens (tertiary/aromatic N) is 4. The van der Waals surface area contributed by atoms with Crippen molar-refractivity contribution in [2.75, 3.05) is 23.8 Å². The van der Waals surface area contributed by atoms with E-state index in [4.69, 9.17) is 0 Å². The molecule has 0 aliphatic heterocycles. The molecule has 3 aromatic rings. The molecule has 0 saturated carbocycles. The van der Waals surface area contributed by atoms with Gasteiger partial charge >= 0.3 is 0 Å². The molecule has 0 aliphatic carbocycles. The molecule has 2 heterocycles. The Kier molecular flexibility index (Phi) is 5.60. The first-order valence-corrected chi connectivity index (χ1v) is 8.88. The molecule has 1 aromatic carbocycles. The smallest absolute Gasteiger partial charge is 0.229 e. The summed E-state index contributed by atoms with van der Waals surface area (Å²) in [6.45, 7) is 2.85. The molecular weight excluding hydrogens is 378 g/mol. The van der Waals surface area contributed by atoms with Gasteiger partial charge in [0.15, 0.2) is 0 Å². The zero-order chi connectivity index (χ0) is 17.6. The van der Waals surface area contributed by atoms with Gasteiger partial charge in [-0.05, 0) is 59.1 Å². The van der Waals surface area contributed by atoms with Crippen LogP contribution in [0.25, 0.3) is 0 Å². The lowest BCUT2D eigenvalue weighted by molar-refractivity contribution is 0.853. The van der Waals surface area contributed by atoms with Crippen molar-refractivity contribution < 1.29 is 0 Å². The highest BCUT2D eigenvalue weighted by atomic mass is 79.9. The zero-order valence-electron chi connectivity index (χ0n) is 14.3. The third kappa shape index (κ3) is 4.76. The van der Waals surface area contributed by atoms with Gasteiger partial charge in [0.05, 0.1) is 5.69 Å². The van der Waals surface area contributed by atoms with Gasteiger partial charge < -0.3 is 10.2 Å². The fourth-order valence-corrected chi connectivity index (χ4v) is 2.83. The summed E-state index contributed by atoms with van der Waals surface area (Å²) in [5.41, 5.74) is 3.13. The summed E-state index contributed by atoms with van der Waals surface area (Å²) >= 11 is 3.54. The van der Waals surface area contributed by atoms with Gasteiger partial charge in [0.2, 0.25) is 5.95 Å². The van der Waals surface area contributed by atoms with E-state index >= 15 is 0 Å². The van der Waals surface area contributed by atoms with Crippen LogP contribution in [-0.2, 0) is 6.42 Å². The van der Waals surface area contributed by atoms with Crippen molar-refractivity contribution in [1.82, 2.24) is 15.0 Å². The van der Waals surface area contributed by atoms with E-state index in [-0.39, 0.29) is 0 Å². The van der Waals surface area contributed by atoms with E-state index in [0.29, 0.717) is 5.95 Å². The maximum Gasteiger partial charge on any atom is 0.229 e. The van der Waals surface area contributed by atoms with Crippen molar-refractivity contribution in [3.8, 4) is 0 Å². The highest BCUT2D eigenvalue weighted by Crippen LogP contribution is 2.25. The van der Waals surface area contributed by atoms with Crippen LogP contribution in [0.2, 0.25) is 0 Å². The van der Waals surface area contributed by atoms with Gasteiger partial charge in [-0.15, -0.1) is 0 Å². The van der Waals surface area contributed by atoms with Crippen molar-refractivity contribution >= 4 is 33.4 Å². The molecule has 2 aromatic heterocycles. The minimum absolute atomic E-state index is 0.595. The Morgan fingerprint density at radius 3 is 2.60 bits per heavy atom. The highest BCUT2D eigenvalue weighted by Gasteiger charge is 2.08. The van der Waals surface area contributed by atoms with Crippen molar-refractivity contribution in [3.05, 3.63) is 70.6 Å². The Bertz CT molecular complexity index is 838. The molecule has 0 saturated heterocycles. The van der Waals surface area contributed by atoms with E-state index in [9.17, 15) is 0 Å². The van der Waals surface area contributed by atoms with Gasteiger partial charge in [0.1, 0.15) is 5.82 Å². The summed E-state index contributed by atoms with van der Waals surface area (Å²) in [5.74, 6) is 1.49. The van der Waals surface area contributed by atoms with Gasteiger partial charge in [-0.25, -0.2) is 4.98 Å². The van der Waals surface area contributed by atoms with Gasteiger partial charge in [-0.2, -0.15) is 4.98 Å². The van der Waals surface area contributed by atoms with E-state index in [2.05, 4.69) is 41.1 Å². The Balaban J connectivity index is 1.73. The minimum Gasteiger partial charge on any atom is -0.359 e. The van der Waals surface area contributed by atoms with Crippen molar-refractivity contribution in [1.29, 1.82) is 0 Å². The number of halogens is 1. The van der Waals surface area contributed by atoms with Crippen LogP contribution in [0.5, 0.6) is 0 Å². The number of benzene rings is 1. The van der Waals surface area contributed by atoms with Crippen LogP contribution in [0.4, 0.5) is 17.5 Å². The monoisotopic (exact) mass is 397 g/mol. The van der Waals surface area contributed by atoms with Crippen LogP contribution in [0.1, 0.15) is 11.3 Å². The number of aryl methyl sites for hydroxylation is 1. The standard InChI is InChI=1S/C19H20BrN5/c1-14-13-18(25(2)12-9-15-7-10-21-11-8-15)24-19(22-14)23-17-6-4-3-5-16(17)20/h3-8,10-11,13H,9,12H2,1-2H3,(H,22,23,24). The SMILES string of the molecule is Cc1cc(N(C)CCc2ccncc2)nc(Nc2ccccc2Br)n1. The molecule has 0 radical (unpaired) electrons. The number of anilines is 3. The molecule has 3 rings (SSSR count). The highest BCUT2D eigenvalue weighted by molar-refractivity contribution is 9.10. The number of para-hydroxylation sites is 1. The van der Waals surface area contributed by atoms with Gasteiger partial charge in [0, 0.05) is 42.2 Å². The van der Waals surface area contributed by atoms with Crippen molar-refractivity contribution in [2.24, 2.45) is 0 Å². The molecule has 0 fully saturated rings. The van der Waals surface area contributed by atoms with Gasteiger partial charge in [0.25, 0.3) is 0 Å². The number of hydrogen-bond donors (Lipinski definition) is 1. The van der Waals surface area contributed by atoms with E-state index in [0.717, 1.165) is 34.6 Å². The van der Waals surface area contributed by atoms with E-state index in [1.54, 1.807) is 0 Å². The predicted molar refractivity (Wildman–Crippen MR) is 105 cm³/mol. The second kappa shape index (κ2) is 8.07. The molecule has 0 amide bonds. The molecule has 25 heavy (non-hydrogen) atoms. The Morgan fingerprint density at radius 2 is 1.84 bits per heavy atom. The third-order valence-corrected chi connectivity index (χ3v) is 4.53. The fraction of sp³-hybridized carbons (Fsp3) is 0.211.